The highest BCUT2D eigenvalue weighted by Crippen LogP contribution is 2.18. The molecule has 3 aromatic heterocycles. The smallest absolute Gasteiger partial charge is 0.287 e. The first kappa shape index (κ1) is 15.1. The minimum atomic E-state index is -0.484. The largest absolute Gasteiger partial charge is 0.332 e. The number of fused-ring (bicyclic) bond motifs is 1. The molecule has 0 spiro atoms. The lowest BCUT2D eigenvalue weighted by molar-refractivity contribution is 0.0993. The van der Waals surface area contributed by atoms with Crippen molar-refractivity contribution in [2.45, 2.75) is 0 Å². The van der Waals surface area contributed by atoms with Crippen molar-refractivity contribution in [2.24, 2.45) is 14.1 Å². The monoisotopic (exact) mass is 331 g/mol. The highest BCUT2D eigenvalue weighted by molar-refractivity contribution is 7.13. The molecule has 1 amide bonds. The number of thiazole rings is 1. The first-order valence-electron chi connectivity index (χ1n) is 6.65. The summed E-state index contributed by atoms with van der Waals surface area (Å²) in [6.07, 6.45) is 2.96. The van der Waals surface area contributed by atoms with E-state index in [0.717, 1.165) is 4.57 Å². The zero-order valence-corrected chi connectivity index (χ0v) is 13.5. The second-order valence-electron chi connectivity index (χ2n) is 4.98. The Morgan fingerprint density at radius 3 is 2.61 bits per heavy atom. The van der Waals surface area contributed by atoms with Crippen LogP contribution in [-0.2, 0) is 14.1 Å². The molecule has 0 aliphatic carbocycles. The van der Waals surface area contributed by atoms with Gasteiger partial charge in [0.1, 0.15) is 5.65 Å². The van der Waals surface area contributed by atoms with Gasteiger partial charge in [0.15, 0.2) is 5.13 Å². The van der Waals surface area contributed by atoms with Crippen molar-refractivity contribution in [3.63, 3.8) is 0 Å². The van der Waals surface area contributed by atoms with E-state index in [1.165, 1.54) is 47.2 Å². The predicted octanol–water partition coefficient (Wildman–Crippen LogP) is 0.365. The maximum atomic E-state index is 12.5. The molecule has 0 aliphatic rings. The van der Waals surface area contributed by atoms with Gasteiger partial charge in [0, 0.05) is 38.9 Å². The Bertz CT molecular complexity index is 1020. The van der Waals surface area contributed by atoms with Crippen LogP contribution >= 0.6 is 11.3 Å². The molecule has 0 aromatic carbocycles. The number of aryl methyl sites for hydroxylation is 1. The van der Waals surface area contributed by atoms with Gasteiger partial charge < -0.3 is 0 Å². The summed E-state index contributed by atoms with van der Waals surface area (Å²) in [6.45, 7) is 0. The molecule has 0 saturated carbocycles. The Morgan fingerprint density at radius 2 is 1.96 bits per heavy atom. The predicted molar refractivity (Wildman–Crippen MR) is 87.1 cm³/mol. The SMILES string of the molecule is CN(C(=O)c1cnc2c(c1)c(=O)n(C)c(=O)n2C)c1nccs1. The summed E-state index contributed by atoms with van der Waals surface area (Å²) in [6, 6.07) is 1.45. The summed E-state index contributed by atoms with van der Waals surface area (Å²) in [5, 5.41) is 2.53. The lowest BCUT2D eigenvalue weighted by atomic mass is 10.2. The molecular formula is C14H13N5O3S. The van der Waals surface area contributed by atoms with Crippen LogP contribution in [-0.4, -0.2) is 32.1 Å². The lowest BCUT2D eigenvalue weighted by Crippen LogP contribution is -2.37. The summed E-state index contributed by atoms with van der Waals surface area (Å²) in [4.78, 5) is 46.2. The number of hydrogen-bond acceptors (Lipinski definition) is 6. The van der Waals surface area contributed by atoms with Crippen LogP contribution in [0.4, 0.5) is 5.13 Å². The third-order valence-corrected chi connectivity index (χ3v) is 4.40. The van der Waals surface area contributed by atoms with Crippen LogP contribution in [0.2, 0.25) is 0 Å². The molecule has 0 N–H and O–H groups in total. The van der Waals surface area contributed by atoms with Gasteiger partial charge in [0.2, 0.25) is 0 Å². The van der Waals surface area contributed by atoms with Gasteiger partial charge in [-0.2, -0.15) is 0 Å². The highest BCUT2D eigenvalue weighted by atomic mass is 32.1. The van der Waals surface area contributed by atoms with E-state index in [9.17, 15) is 14.4 Å². The zero-order chi connectivity index (χ0) is 16.7. The van der Waals surface area contributed by atoms with Gasteiger partial charge >= 0.3 is 5.69 Å². The average Bonchev–Trinajstić information content (AvgIpc) is 3.10. The number of aromatic nitrogens is 4. The Hall–Kier alpha value is -2.81. The van der Waals surface area contributed by atoms with Gasteiger partial charge in [-0.15, -0.1) is 11.3 Å². The second kappa shape index (κ2) is 5.43. The molecule has 8 nitrogen and oxygen atoms in total. The normalized spacial score (nSPS) is 10.9. The summed E-state index contributed by atoms with van der Waals surface area (Å²) in [7, 11) is 4.52. The number of carbonyl (C=O) groups is 1. The maximum absolute atomic E-state index is 12.5. The Morgan fingerprint density at radius 1 is 1.22 bits per heavy atom. The van der Waals surface area contributed by atoms with E-state index in [1.807, 2.05) is 0 Å². The topological polar surface area (TPSA) is 90.1 Å². The number of anilines is 1. The molecule has 0 aliphatic heterocycles. The number of nitrogens with zero attached hydrogens (tertiary/aromatic N) is 5. The van der Waals surface area contributed by atoms with E-state index in [4.69, 9.17) is 0 Å². The van der Waals surface area contributed by atoms with Crippen molar-refractivity contribution in [3.05, 3.63) is 50.2 Å². The Kier molecular flexibility index (Phi) is 3.57. The molecule has 0 fully saturated rings. The molecular weight excluding hydrogens is 318 g/mol. The van der Waals surface area contributed by atoms with Crippen molar-refractivity contribution in [3.8, 4) is 0 Å². The summed E-state index contributed by atoms with van der Waals surface area (Å²) in [5.41, 5.74) is -0.450. The third kappa shape index (κ3) is 2.34. The van der Waals surface area contributed by atoms with E-state index in [1.54, 1.807) is 18.6 Å². The van der Waals surface area contributed by atoms with Gasteiger partial charge in [-0.3, -0.25) is 23.6 Å². The number of pyridine rings is 1. The number of hydrogen-bond donors (Lipinski definition) is 0. The summed E-state index contributed by atoms with van der Waals surface area (Å²) >= 11 is 1.33. The van der Waals surface area contributed by atoms with Crippen molar-refractivity contribution in [1.29, 1.82) is 0 Å². The van der Waals surface area contributed by atoms with Crippen molar-refractivity contribution in [2.75, 3.05) is 11.9 Å². The van der Waals surface area contributed by atoms with Gasteiger partial charge in [0.25, 0.3) is 11.5 Å². The van der Waals surface area contributed by atoms with Crippen molar-refractivity contribution >= 4 is 33.4 Å². The third-order valence-electron chi connectivity index (χ3n) is 3.55. The van der Waals surface area contributed by atoms with E-state index in [2.05, 4.69) is 9.97 Å². The lowest BCUT2D eigenvalue weighted by Gasteiger charge is -2.14. The first-order valence-corrected chi connectivity index (χ1v) is 7.53. The summed E-state index contributed by atoms with van der Waals surface area (Å²) in [5.74, 6) is -0.328. The minimum Gasteiger partial charge on any atom is -0.287 e. The van der Waals surface area contributed by atoms with Crippen molar-refractivity contribution < 1.29 is 4.79 Å². The van der Waals surface area contributed by atoms with E-state index in [0.29, 0.717) is 5.13 Å². The molecule has 3 rings (SSSR count). The Balaban J connectivity index is 2.16. The van der Waals surface area contributed by atoms with Gasteiger partial charge in [0.05, 0.1) is 10.9 Å². The number of rotatable bonds is 2. The van der Waals surface area contributed by atoms with Crippen LogP contribution in [0.25, 0.3) is 11.0 Å². The van der Waals surface area contributed by atoms with Gasteiger partial charge in [-0.05, 0) is 6.07 Å². The fourth-order valence-electron chi connectivity index (χ4n) is 2.24. The zero-order valence-electron chi connectivity index (χ0n) is 12.7. The molecule has 9 heteroatoms. The second-order valence-corrected chi connectivity index (χ2v) is 5.85. The van der Waals surface area contributed by atoms with Gasteiger partial charge in [-0.25, -0.2) is 14.8 Å². The van der Waals surface area contributed by atoms with Crippen LogP contribution in [0.1, 0.15) is 10.4 Å². The minimum absolute atomic E-state index is 0.216. The average molecular weight is 331 g/mol. The quantitative estimate of drug-likeness (QED) is 0.676. The van der Waals surface area contributed by atoms with E-state index in [-0.39, 0.29) is 22.5 Å². The van der Waals surface area contributed by atoms with E-state index >= 15 is 0 Å². The molecule has 23 heavy (non-hydrogen) atoms. The van der Waals surface area contributed by atoms with Crippen LogP contribution < -0.4 is 16.1 Å². The molecule has 3 aromatic rings. The molecule has 0 saturated heterocycles. The summed E-state index contributed by atoms with van der Waals surface area (Å²) < 4.78 is 2.26. The fraction of sp³-hybridized carbons (Fsp3) is 0.214. The molecule has 118 valence electrons. The van der Waals surface area contributed by atoms with E-state index < -0.39 is 11.2 Å². The van der Waals surface area contributed by atoms with Crippen molar-refractivity contribution in [1.82, 2.24) is 19.1 Å². The maximum Gasteiger partial charge on any atom is 0.332 e. The number of carbonyl (C=O) groups excluding carboxylic acids is 1. The molecule has 3 heterocycles. The van der Waals surface area contributed by atoms with Crippen LogP contribution in [0, 0.1) is 0 Å². The molecule has 0 bridgehead atoms. The van der Waals surface area contributed by atoms with Crippen LogP contribution in [0.15, 0.2) is 33.4 Å². The molecule has 0 radical (unpaired) electrons. The standard InChI is InChI=1S/C14H13N5O3S/c1-17-10-9(12(21)19(3)14(17)22)6-8(7-16-10)11(20)18(2)13-15-4-5-23-13/h4-7H,1-3H3. The molecule has 0 unspecified atom stereocenters. The van der Waals surface area contributed by atoms with Crippen LogP contribution in [0.3, 0.4) is 0 Å². The first-order chi connectivity index (χ1) is 10.9. The highest BCUT2D eigenvalue weighted by Gasteiger charge is 2.18. The fourth-order valence-corrected chi connectivity index (χ4v) is 2.85. The number of amides is 1. The Labute approximate surface area is 134 Å². The van der Waals surface area contributed by atoms with Crippen LogP contribution in [0.5, 0.6) is 0 Å². The molecule has 0 atom stereocenters. The van der Waals surface area contributed by atoms with Gasteiger partial charge in [-0.1, -0.05) is 0 Å².